The molecule has 0 fully saturated rings. The predicted molar refractivity (Wildman–Crippen MR) is 138 cm³/mol. The topological polar surface area (TPSA) is 43.4 Å². The van der Waals surface area contributed by atoms with E-state index in [1.807, 2.05) is 0 Å². The average molecular weight is 589 g/mol. The van der Waals surface area contributed by atoms with Crippen molar-refractivity contribution in [3.8, 4) is 0 Å². The summed E-state index contributed by atoms with van der Waals surface area (Å²) in [5, 5.41) is -7.72. The number of halogens is 7. The molecule has 37 heavy (non-hydrogen) atoms. The van der Waals surface area contributed by atoms with Gasteiger partial charge in [0, 0.05) is 0 Å². The summed E-state index contributed by atoms with van der Waals surface area (Å²) in [6.07, 6.45) is 13.9. The monoisotopic (exact) mass is 588 g/mol. The number of alkyl halides is 6. The number of rotatable bonds is 26. The van der Waals surface area contributed by atoms with Crippen LogP contribution in [0.4, 0.5) is 25.8 Å². The van der Waals surface area contributed by atoms with Gasteiger partial charge in [-0.3, -0.25) is 0 Å². The lowest BCUT2D eigenvalue weighted by Gasteiger charge is -2.22. The molecular weight excluding hydrogens is 542 g/mol. The zero-order chi connectivity index (χ0) is 28.3. The highest BCUT2D eigenvalue weighted by Crippen LogP contribution is 2.40. The lowest BCUT2D eigenvalue weighted by Crippen LogP contribution is -2.47. The first-order chi connectivity index (χ1) is 17.3. The van der Waals surface area contributed by atoms with Crippen molar-refractivity contribution in [2.75, 3.05) is 6.61 Å². The average Bonchev–Trinajstić information content (AvgIpc) is 2.80. The molecule has 0 aliphatic carbocycles. The van der Waals surface area contributed by atoms with Crippen molar-refractivity contribution in [2.24, 2.45) is 0 Å². The Balaban J connectivity index is 3.63. The Bertz CT molecular complexity index is 663. The van der Waals surface area contributed by atoms with Crippen LogP contribution >= 0.6 is 11.6 Å². The van der Waals surface area contributed by atoms with Crippen molar-refractivity contribution < 1.29 is 39.0 Å². The van der Waals surface area contributed by atoms with Crippen LogP contribution in [-0.2, 0) is 15.0 Å². The van der Waals surface area contributed by atoms with E-state index in [4.69, 9.17) is 11.6 Å². The Labute approximate surface area is 225 Å². The maximum Gasteiger partial charge on any atom is 0.464 e. The molecular formula is C26H47ClF6O3S. The summed E-state index contributed by atoms with van der Waals surface area (Å²) in [5.41, 5.74) is 0. The molecule has 224 valence electrons. The minimum atomic E-state index is -6.81. The normalized spacial score (nSPS) is 14.7. The van der Waals surface area contributed by atoms with Gasteiger partial charge in [0.05, 0.1) is 6.61 Å². The largest absolute Gasteiger partial charge is 0.464 e. The zero-order valence-corrected chi connectivity index (χ0v) is 23.9. The highest BCUT2D eigenvalue weighted by atomic mass is 35.5. The molecule has 0 aliphatic heterocycles. The third-order valence-corrected chi connectivity index (χ3v) is 7.74. The first kappa shape index (κ1) is 36.8. The van der Waals surface area contributed by atoms with Gasteiger partial charge in [-0.25, -0.2) is 4.39 Å². The Morgan fingerprint density at radius 2 is 0.919 bits per heavy atom. The van der Waals surface area contributed by atoms with Crippen LogP contribution in [0, 0.1) is 0 Å². The van der Waals surface area contributed by atoms with Crippen molar-refractivity contribution in [1.82, 2.24) is 0 Å². The van der Waals surface area contributed by atoms with Crippen LogP contribution in [0.25, 0.3) is 0 Å². The second kappa shape index (κ2) is 19.8. The molecule has 0 aromatic carbocycles. The van der Waals surface area contributed by atoms with E-state index in [1.54, 1.807) is 0 Å². The van der Waals surface area contributed by atoms with Crippen LogP contribution in [0.1, 0.15) is 142 Å². The third kappa shape index (κ3) is 17.9. The molecule has 0 saturated carbocycles. The fourth-order valence-corrected chi connectivity index (χ4v) is 4.76. The van der Waals surface area contributed by atoms with E-state index in [-0.39, 0.29) is 19.3 Å². The van der Waals surface area contributed by atoms with Crippen molar-refractivity contribution >= 4 is 21.8 Å². The molecule has 1 atom stereocenters. The highest BCUT2D eigenvalue weighted by Gasteiger charge is 2.68. The van der Waals surface area contributed by atoms with Crippen LogP contribution < -0.4 is 0 Å². The van der Waals surface area contributed by atoms with Gasteiger partial charge in [0.1, 0.15) is 0 Å². The molecule has 0 rings (SSSR count). The lowest BCUT2D eigenvalue weighted by molar-refractivity contribution is -0.317. The van der Waals surface area contributed by atoms with Crippen molar-refractivity contribution in [3.05, 3.63) is 0 Å². The maximum atomic E-state index is 14.4. The molecule has 0 aromatic rings. The van der Waals surface area contributed by atoms with Gasteiger partial charge in [0.25, 0.3) is 0 Å². The number of ether oxygens (including phenoxy) is 1. The minimum Gasteiger partial charge on any atom is -0.315 e. The second-order valence-corrected chi connectivity index (χ2v) is 12.1. The van der Waals surface area contributed by atoms with E-state index in [9.17, 15) is 34.3 Å². The van der Waals surface area contributed by atoms with Crippen LogP contribution in [0.15, 0.2) is 0 Å². The number of hydrogen-bond donors (Lipinski definition) is 0. The fraction of sp³-hybridized carbons (Fsp3) is 1.00. The van der Waals surface area contributed by atoms with E-state index in [1.165, 1.54) is 64.2 Å². The lowest BCUT2D eigenvalue weighted by atomic mass is 10.0. The summed E-state index contributed by atoms with van der Waals surface area (Å²) < 4.78 is 103. The van der Waals surface area contributed by atoms with Gasteiger partial charge in [-0.15, -0.1) is 0 Å². The molecule has 3 nitrogen and oxygen atoms in total. The minimum absolute atomic E-state index is 0.0569. The van der Waals surface area contributed by atoms with E-state index < -0.39 is 33.3 Å². The van der Waals surface area contributed by atoms with Gasteiger partial charge in [-0.05, 0) is 32.1 Å². The summed E-state index contributed by atoms with van der Waals surface area (Å²) in [6, 6.07) is 0. The van der Waals surface area contributed by atoms with Gasteiger partial charge in [0.15, 0.2) is 5.13 Å². The molecule has 0 amide bonds. The van der Waals surface area contributed by atoms with Gasteiger partial charge in [-0.2, -0.15) is 26.0 Å². The van der Waals surface area contributed by atoms with E-state index in [2.05, 4.69) is 11.7 Å². The summed E-state index contributed by atoms with van der Waals surface area (Å²) in [6.45, 7) is 1.37. The number of unbranched alkanes of at least 4 members (excludes halogenated alkanes) is 17. The van der Waals surface area contributed by atoms with Crippen LogP contribution in [0.2, 0.25) is 0 Å². The highest BCUT2D eigenvalue weighted by molar-refractivity contribution is 7.87. The van der Waals surface area contributed by atoms with E-state index in [0.717, 1.165) is 25.7 Å². The molecule has 0 saturated heterocycles. The molecule has 0 heterocycles. The summed E-state index contributed by atoms with van der Waals surface area (Å²) in [5.74, 6) is 0. The Hall–Kier alpha value is -0.220. The molecule has 0 radical (unpaired) electrons. The molecule has 0 spiro atoms. The van der Waals surface area contributed by atoms with Crippen LogP contribution in [0.3, 0.4) is 0 Å². The maximum absolute atomic E-state index is 14.4. The van der Waals surface area contributed by atoms with Crippen LogP contribution in [0.5, 0.6) is 0 Å². The van der Waals surface area contributed by atoms with Crippen LogP contribution in [-0.4, -0.2) is 31.5 Å². The molecule has 0 bridgehead atoms. The predicted octanol–water partition coefficient (Wildman–Crippen LogP) is 10.6. The van der Waals surface area contributed by atoms with Gasteiger partial charge < -0.3 is 4.74 Å². The molecule has 1 unspecified atom stereocenters. The van der Waals surface area contributed by atoms with Crippen molar-refractivity contribution in [1.29, 1.82) is 0 Å². The van der Waals surface area contributed by atoms with Gasteiger partial charge in [0.2, 0.25) is 0 Å². The van der Waals surface area contributed by atoms with Crippen molar-refractivity contribution in [2.45, 2.75) is 158 Å². The second-order valence-electron chi connectivity index (χ2n) is 10.0. The first-order valence-electron chi connectivity index (χ1n) is 14.0. The molecule has 0 N–H and O–H groups in total. The quantitative estimate of drug-likeness (QED) is 0.0437. The molecule has 0 aromatic heterocycles. The Morgan fingerprint density at radius 1 is 0.595 bits per heavy atom. The molecule has 0 aliphatic rings. The van der Waals surface area contributed by atoms with E-state index >= 15 is 0 Å². The van der Waals surface area contributed by atoms with Gasteiger partial charge >= 0.3 is 21.6 Å². The Morgan fingerprint density at radius 3 is 1.27 bits per heavy atom. The smallest absolute Gasteiger partial charge is 0.315 e. The summed E-state index contributed by atoms with van der Waals surface area (Å²) >= 11 is 5.96. The zero-order valence-electron chi connectivity index (χ0n) is 22.3. The summed E-state index contributed by atoms with van der Waals surface area (Å²) in [4.78, 5) is 0. The first-order valence-corrected chi connectivity index (χ1v) is 15.7. The van der Waals surface area contributed by atoms with Crippen molar-refractivity contribution in [3.63, 3.8) is 0 Å². The third-order valence-electron chi connectivity index (χ3n) is 6.51. The molecule has 11 heteroatoms. The SMILES string of the molecule is CCCCCCCCCCCCCCCCC(F)(Cl)CCCCCCCOC(F)(F)C(F)(F)S(=O)(=O)F. The fourth-order valence-electron chi connectivity index (χ4n) is 4.15. The summed E-state index contributed by atoms with van der Waals surface area (Å²) in [7, 11) is -6.81. The van der Waals surface area contributed by atoms with Gasteiger partial charge in [-0.1, -0.05) is 125 Å². The Kier molecular flexibility index (Phi) is 19.7. The number of hydrogen-bond acceptors (Lipinski definition) is 3. The van der Waals surface area contributed by atoms with E-state index in [0.29, 0.717) is 25.7 Å². The standard InChI is InChI=1S/C26H47ClF6O3S/c1-2-3-4-5-6-7-8-9-10-11-12-13-15-18-21-24(27,28)22-19-16-14-17-20-23-36-25(29,30)26(31,32)37(33,34)35/h2-23H2,1H3.